The van der Waals surface area contributed by atoms with Crippen LogP contribution in [0.1, 0.15) is 32.7 Å². The summed E-state index contributed by atoms with van der Waals surface area (Å²) in [5.74, 6) is 2.10. The van der Waals surface area contributed by atoms with E-state index in [9.17, 15) is 0 Å². The number of nitrogen functional groups attached to an aromatic ring is 1. The molecular weight excluding hydrogens is 254 g/mol. The maximum absolute atomic E-state index is 6.11. The van der Waals surface area contributed by atoms with E-state index in [0.717, 1.165) is 24.2 Å². The van der Waals surface area contributed by atoms with Crippen molar-refractivity contribution in [2.24, 2.45) is 5.92 Å². The van der Waals surface area contributed by atoms with E-state index in [1.54, 1.807) is 0 Å². The molecule has 2 unspecified atom stereocenters. The van der Waals surface area contributed by atoms with Gasteiger partial charge in [-0.3, -0.25) is 0 Å². The van der Waals surface area contributed by atoms with Crippen molar-refractivity contribution in [1.82, 2.24) is 20.2 Å². The van der Waals surface area contributed by atoms with Crippen LogP contribution >= 0.6 is 0 Å². The zero-order valence-electron chi connectivity index (χ0n) is 11.8. The van der Waals surface area contributed by atoms with Crippen LogP contribution in [0, 0.1) is 5.92 Å². The highest BCUT2D eigenvalue weighted by Crippen LogP contribution is 2.47. The van der Waals surface area contributed by atoms with Crippen LogP contribution in [-0.2, 0) is 0 Å². The summed E-state index contributed by atoms with van der Waals surface area (Å²) in [4.78, 5) is 0. The van der Waals surface area contributed by atoms with E-state index >= 15 is 0 Å². The summed E-state index contributed by atoms with van der Waals surface area (Å²) in [6.07, 6.45) is 2.28. The van der Waals surface area contributed by atoms with Gasteiger partial charge in [0.2, 0.25) is 0 Å². The molecule has 0 amide bonds. The number of nitrogens with two attached hydrogens (primary N) is 1. The Balaban J connectivity index is 2.04. The standard InChI is InChI=1S/C14H19N5O/c1-3-9-8-11(9)19-14(16-17-18-19)13-10(15)6-5-7-12(13)20-4-2/h5-7,9,11H,3-4,8,15H2,1-2H3. The largest absolute Gasteiger partial charge is 0.493 e. The average Bonchev–Trinajstić information content (AvgIpc) is 3.08. The number of hydrogen-bond donors (Lipinski definition) is 1. The number of nitrogens with zero attached hydrogens (tertiary/aromatic N) is 4. The van der Waals surface area contributed by atoms with Gasteiger partial charge < -0.3 is 10.5 Å². The Morgan fingerprint density at radius 2 is 2.25 bits per heavy atom. The molecule has 2 N–H and O–H groups in total. The Kier molecular flexibility index (Phi) is 3.30. The quantitative estimate of drug-likeness (QED) is 0.845. The van der Waals surface area contributed by atoms with Crippen molar-refractivity contribution in [2.45, 2.75) is 32.7 Å². The first-order valence-electron chi connectivity index (χ1n) is 7.05. The number of benzene rings is 1. The molecule has 1 aromatic carbocycles. The molecule has 0 bridgehead atoms. The number of hydrogen-bond acceptors (Lipinski definition) is 5. The van der Waals surface area contributed by atoms with Crippen molar-refractivity contribution in [3.8, 4) is 17.1 Å². The first-order chi connectivity index (χ1) is 9.76. The molecule has 1 fully saturated rings. The Morgan fingerprint density at radius 1 is 1.40 bits per heavy atom. The highest BCUT2D eigenvalue weighted by atomic mass is 16.5. The fraction of sp³-hybridized carbons (Fsp3) is 0.500. The molecule has 20 heavy (non-hydrogen) atoms. The predicted octanol–water partition coefficient (Wildman–Crippen LogP) is 2.29. The zero-order valence-corrected chi connectivity index (χ0v) is 11.8. The van der Waals surface area contributed by atoms with Crippen LogP contribution in [0.4, 0.5) is 5.69 Å². The van der Waals surface area contributed by atoms with E-state index in [4.69, 9.17) is 10.5 Å². The molecule has 2 atom stereocenters. The number of aromatic nitrogens is 4. The van der Waals surface area contributed by atoms with Crippen LogP contribution in [0.3, 0.4) is 0 Å². The minimum absolute atomic E-state index is 0.388. The molecule has 6 heteroatoms. The molecule has 2 aromatic rings. The molecule has 0 aliphatic heterocycles. The van der Waals surface area contributed by atoms with Gasteiger partial charge in [-0.15, -0.1) is 5.10 Å². The molecule has 1 aliphatic carbocycles. The zero-order chi connectivity index (χ0) is 14.1. The number of anilines is 1. The van der Waals surface area contributed by atoms with E-state index in [-0.39, 0.29) is 0 Å². The minimum atomic E-state index is 0.388. The first-order valence-corrected chi connectivity index (χ1v) is 7.05. The second-order valence-corrected chi connectivity index (χ2v) is 5.07. The molecule has 0 radical (unpaired) electrons. The van der Waals surface area contributed by atoms with Gasteiger partial charge in [0, 0.05) is 5.69 Å². The van der Waals surface area contributed by atoms with Crippen molar-refractivity contribution in [3.63, 3.8) is 0 Å². The Hall–Kier alpha value is -2.11. The third-order valence-corrected chi connectivity index (χ3v) is 3.80. The highest BCUT2D eigenvalue weighted by Gasteiger charge is 2.40. The van der Waals surface area contributed by atoms with Gasteiger partial charge in [-0.2, -0.15) is 0 Å². The van der Waals surface area contributed by atoms with Gasteiger partial charge in [-0.1, -0.05) is 19.4 Å². The molecule has 106 valence electrons. The highest BCUT2D eigenvalue weighted by molar-refractivity contribution is 5.77. The lowest BCUT2D eigenvalue weighted by Crippen LogP contribution is -2.05. The van der Waals surface area contributed by atoms with Crippen molar-refractivity contribution in [2.75, 3.05) is 12.3 Å². The van der Waals surface area contributed by atoms with Crippen molar-refractivity contribution < 1.29 is 4.74 Å². The second-order valence-electron chi connectivity index (χ2n) is 5.07. The summed E-state index contributed by atoms with van der Waals surface area (Å²) < 4.78 is 7.55. The van der Waals surface area contributed by atoms with E-state index < -0.39 is 0 Å². The average molecular weight is 273 g/mol. The lowest BCUT2D eigenvalue weighted by Gasteiger charge is -2.12. The Bertz CT molecular complexity index is 609. The van der Waals surface area contributed by atoms with Gasteiger partial charge in [0.05, 0.1) is 18.2 Å². The topological polar surface area (TPSA) is 78.8 Å². The fourth-order valence-corrected chi connectivity index (χ4v) is 2.61. The first kappa shape index (κ1) is 12.9. The normalized spacial score (nSPS) is 20.9. The maximum atomic E-state index is 6.11. The minimum Gasteiger partial charge on any atom is -0.493 e. The molecular formula is C14H19N5O. The summed E-state index contributed by atoms with van der Waals surface area (Å²) in [5, 5.41) is 12.1. The molecule has 6 nitrogen and oxygen atoms in total. The summed E-state index contributed by atoms with van der Waals surface area (Å²) >= 11 is 0. The van der Waals surface area contributed by atoms with Crippen LogP contribution in [0.25, 0.3) is 11.4 Å². The fourth-order valence-electron chi connectivity index (χ4n) is 2.61. The van der Waals surface area contributed by atoms with Gasteiger partial charge in [-0.25, -0.2) is 4.68 Å². The van der Waals surface area contributed by atoms with E-state index in [0.29, 0.717) is 30.1 Å². The summed E-state index contributed by atoms with van der Waals surface area (Å²) in [7, 11) is 0. The smallest absolute Gasteiger partial charge is 0.188 e. The molecule has 1 aromatic heterocycles. The SMILES string of the molecule is CCOc1cccc(N)c1-c1nnnn1C1CC1CC. The molecule has 3 rings (SSSR count). The Labute approximate surface area is 117 Å². The summed E-state index contributed by atoms with van der Waals surface area (Å²) in [6, 6.07) is 6.02. The van der Waals surface area contributed by atoms with Crippen LogP contribution in [0.5, 0.6) is 5.75 Å². The molecule has 1 heterocycles. The monoisotopic (exact) mass is 273 g/mol. The molecule has 1 saturated carbocycles. The molecule has 1 aliphatic rings. The van der Waals surface area contributed by atoms with E-state index in [1.165, 1.54) is 0 Å². The van der Waals surface area contributed by atoms with Crippen LogP contribution in [0.15, 0.2) is 18.2 Å². The van der Waals surface area contributed by atoms with Crippen LogP contribution in [-0.4, -0.2) is 26.8 Å². The lowest BCUT2D eigenvalue weighted by atomic mass is 10.1. The van der Waals surface area contributed by atoms with Crippen molar-refractivity contribution in [1.29, 1.82) is 0 Å². The van der Waals surface area contributed by atoms with Crippen LogP contribution in [0.2, 0.25) is 0 Å². The van der Waals surface area contributed by atoms with E-state index in [1.807, 2.05) is 29.8 Å². The summed E-state index contributed by atoms with van der Waals surface area (Å²) in [5.41, 5.74) is 7.54. The lowest BCUT2D eigenvalue weighted by molar-refractivity contribution is 0.341. The maximum Gasteiger partial charge on any atom is 0.188 e. The number of tetrazole rings is 1. The third kappa shape index (κ3) is 2.11. The molecule has 0 saturated heterocycles. The Morgan fingerprint density at radius 3 is 2.95 bits per heavy atom. The second kappa shape index (κ2) is 5.11. The van der Waals surface area contributed by atoms with E-state index in [2.05, 4.69) is 22.4 Å². The number of rotatable bonds is 5. The van der Waals surface area contributed by atoms with Gasteiger partial charge in [-0.05, 0) is 41.8 Å². The van der Waals surface area contributed by atoms with Gasteiger partial charge in [0.1, 0.15) is 5.75 Å². The van der Waals surface area contributed by atoms with Crippen LogP contribution < -0.4 is 10.5 Å². The van der Waals surface area contributed by atoms with Gasteiger partial charge in [0.25, 0.3) is 0 Å². The predicted molar refractivity (Wildman–Crippen MR) is 76.3 cm³/mol. The third-order valence-electron chi connectivity index (χ3n) is 3.80. The van der Waals surface area contributed by atoms with Crippen molar-refractivity contribution in [3.05, 3.63) is 18.2 Å². The summed E-state index contributed by atoms with van der Waals surface area (Å²) in [6.45, 7) is 4.72. The van der Waals surface area contributed by atoms with Gasteiger partial charge >= 0.3 is 0 Å². The van der Waals surface area contributed by atoms with Crippen molar-refractivity contribution >= 4 is 5.69 Å². The number of ether oxygens (including phenoxy) is 1. The van der Waals surface area contributed by atoms with Gasteiger partial charge in [0.15, 0.2) is 5.82 Å². The molecule has 0 spiro atoms.